The third-order valence-electron chi connectivity index (χ3n) is 18.7. The van der Waals surface area contributed by atoms with E-state index in [4.69, 9.17) is 57.1 Å². The Balaban J connectivity index is 0.617. The largest absolute Gasteiger partial charge is 0.490 e. The Labute approximate surface area is 643 Å². The highest BCUT2D eigenvalue weighted by molar-refractivity contribution is 6.28. The molecule has 0 radical (unpaired) electrons. The van der Waals surface area contributed by atoms with Gasteiger partial charge in [-0.15, -0.1) is 0 Å². The minimum atomic E-state index is -2.04. The van der Waals surface area contributed by atoms with Crippen molar-refractivity contribution in [1.29, 1.82) is 0 Å². The van der Waals surface area contributed by atoms with Crippen LogP contribution in [0.2, 0.25) is 0 Å². The Morgan fingerprint density at radius 3 is 1.89 bits per heavy atom. The Morgan fingerprint density at radius 2 is 1.26 bits per heavy atom. The lowest BCUT2D eigenvalue weighted by atomic mass is 9.84. The number of amides is 9. The van der Waals surface area contributed by atoms with Gasteiger partial charge in [0, 0.05) is 73.8 Å². The van der Waals surface area contributed by atoms with Crippen LogP contribution >= 0.6 is 0 Å². The van der Waals surface area contributed by atoms with Crippen molar-refractivity contribution < 1.29 is 114 Å². The lowest BCUT2D eigenvalue weighted by molar-refractivity contribution is -0.173. The van der Waals surface area contributed by atoms with Gasteiger partial charge in [-0.25, -0.2) is 23.5 Å². The van der Waals surface area contributed by atoms with Crippen LogP contribution in [-0.4, -0.2) is 232 Å². The van der Waals surface area contributed by atoms with Gasteiger partial charge in [-0.05, 0) is 79.3 Å². The number of cyclic esters (lactones) is 1. The van der Waals surface area contributed by atoms with Crippen LogP contribution in [0, 0.1) is 30.4 Å². The number of nitrogens with zero attached hydrogens (tertiary/aromatic N) is 3. The highest BCUT2D eigenvalue weighted by Gasteiger charge is 2.50. The number of hydrogen-bond donors (Lipinski definition) is 8. The molecule has 5 heterocycles. The molecule has 35 heteroatoms. The van der Waals surface area contributed by atoms with Gasteiger partial charge in [0.05, 0.1) is 166 Å². The summed E-state index contributed by atoms with van der Waals surface area (Å²) in [5.41, 5.74) is 0.155. The van der Waals surface area contributed by atoms with Gasteiger partial charge in [-0.1, -0.05) is 43.2 Å². The number of nitrogens with one attached hydrogen (secondary N) is 7. The molecule has 3 aromatic carbocycles. The molecule has 5 aromatic rings. The Hall–Kier alpha value is -10.1. The lowest BCUT2D eigenvalue weighted by Crippen LogP contribution is -2.52. The third kappa shape index (κ3) is 24.0. The molecule has 3 aliphatic heterocycles. The number of aryl methyl sites for hydroxylation is 1. The Bertz CT molecular complexity index is 4270. The van der Waals surface area contributed by atoms with Gasteiger partial charge in [-0.2, -0.15) is 0 Å². The van der Waals surface area contributed by atoms with E-state index in [0.29, 0.717) is 136 Å². The molecule has 33 nitrogen and oxygen atoms in total. The number of anilines is 1. The zero-order chi connectivity index (χ0) is 79.5. The SMILES string of the molecule is COCCOCCOCCOCCOCCOCCOCCOCCNC(=O)c1cc(N2C(=O)C=CC2=O)cc(F)c1OCCCC(=O)NCC(=O)NCC(=O)N[C@@H](Cc1ccccc1)C(=O)NCC(=O)NCO[C@H](C(=O)NCc1c2c(nc3cc(F)c(C)cc13)-c1cc3c(c(=O)n1C2)COC(=O)[C@]3(O)CC1CC1)C1CC1. The zero-order valence-electron chi connectivity index (χ0n) is 62.4. The molecule has 112 heavy (non-hydrogen) atoms. The summed E-state index contributed by atoms with van der Waals surface area (Å²) in [6, 6.07) is 13.8. The van der Waals surface area contributed by atoms with Crippen LogP contribution in [0.25, 0.3) is 22.3 Å². The number of aromatic nitrogens is 2. The van der Waals surface area contributed by atoms with Crippen LogP contribution in [0.4, 0.5) is 14.5 Å². The molecular formula is C77H94F2N10O23. The fraction of sp³-hybridized carbons (Fsp3) is 0.506. The molecule has 2 aliphatic carbocycles. The maximum absolute atomic E-state index is 15.8. The number of benzene rings is 3. The number of carbonyl (C=O) groups is 10. The summed E-state index contributed by atoms with van der Waals surface area (Å²) in [4.78, 5) is 151. The second-order valence-corrected chi connectivity index (χ2v) is 27.0. The minimum Gasteiger partial charge on any atom is -0.490 e. The van der Waals surface area contributed by atoms with Crippen molar-refractivity contribution in [1.82, 2.24) is 46.8 Å². The first-order valence-corrected chi connectivity index (χ1v) is 37.1. The molecule has 604 valence electrons. The van der Waals surface area contributed by atoms with Crippen molar-refractivity contribution in [2.24, 2.45) is 11.8 Å². The molecule has 5 aliphatic rings. The molecule has 2 saturated carbocycles. The molecule has 2 fully saturated rings. The highest BCUT2D eigenvalue weighted by Crippen LogP contribution is 2.46. The number of ether oxygens (including phenoxy) is 11. The first kappa shape index (κ1) is 84.4. The highest BCUT2D eigenvalue weighted by atomic mass is 19.1. The predicted molar refractivity (Wildman–Crippen MR) is 393 cm³/mol. The van der Waals surface area contributed by atoms with Crippen LogP contribution in [0.5, 0.6) is 5.75 Å². The summed E-state index contributed by atoms with van der Waals surface area (Å²) in [7, 11) is 1.61. The average molecular weight is 1570 g/mol. The molecule has 0 bridgehead atoms. The second-order valence-electron chi connectivity index (χ2n) is 27.0. The Morgan fingerprint density at radius 1 is 0.652 bits per heavy atom. The average Bonchev–Trinajstić information content (AvgIpc) is 1.61. The Kier molecular flexibility index (Phi) is 31.6. The summed E-state index contributed by atoms with van der Waals surface area (Å²) >= 11 is 0. The summed E-state index contributed by atoms with van der Waals surface area (Å²) < 4.78 is 92.6. The number of fused-ring (bicyclic) bond motifs is 5. The number of carbonyl (C=O) groups excluding carboxylic acids is 10. The summed E-state index contributed by atoms with van der Waals surface area (Å²) in [6.07, 6.45) is 3.68. The van der Waals surface area contributed by atoms with Crippen molar-refractivity contribution in [3.8, 4) is 17.1 Å². The fourth-order valence-corrected chi connectivity index (χ4v) is 12.6. The maximum Gasteiger partial charge on any atom is 0.343 e. The topological polar surface area (TPSA) is 415 Å². The van der Waals surface area contributed by atoms with Crippen LogP contribution in [0.3, 0.4) is 0 Å². The van der Waals surface area contributed by atoms with Gasteiger partial charge in [0.2, 0.25) is 35.4 Å². The molecule has 9 amide bonds. The number of halogens is 2. The van der Waals surface area contributed by atoms with Gasteiger partial charge < -0.3 is 99.0 Å². The van der Waals surface area contributed by atoms with Gasteiger partial charge in [0.15, 0.2) is 17.2 Å². The van der Waals surface area contributed by atoms with E-state index in [9.17, 15) is 57.8 Å². The van der Waals surface area contributed by atoms with Crippen LogP contribution in [0.1, 0.15) is 88.7 Å². The van der Waals surface area contributed by atoms with E-state index in [2.05, 4.69) is 37.2 Å². The van der Waals surface area contributed by atoms with Gasteiger partial charge in [0.1, 0.15) is 31.3 Å². The van der Waals surface area contributed by atoms with Crippen LogP contribution in [-0.2, 0) is 122 Å². The lowest BCUT2D eigenvalue weighted by Gasteiger charge is -2.32. The molecule has 10 rings (SSSR count). The van der Waals surface area contributed by atoms with E-state index in [1.54, 1.807) is 56.5 Å². The third-order valence-corrected chi connectivity index (χ3v) is 18.7. The number of imide groups is 1. The summed E-state index contributed by atoms with van der Waals surface area (Å²) in [5, 5.41) is 30.3. The van der Waals surface area contributed by atoms with Crippen LogP contribution < -0.4 is 52.4 Å². The number of pyridine rings is 2. The summed E-state index contributed by atoms with van der Waals surface area (Å²) in [6.45, 7) is 4.10. The maximum atomic E-state index is 15.8. The first-order chi connectivity index (χ1) is 54.2. The number of aliphatic hydroxyl groups is 1. The van der Waals surface area contributed by atoms with E-state index in [1.807, 2.05) is 0 Å². The van der Waals surface area contributed by atoms with Crippen molar-refractivity contribution in [2.45, 2.75) is 95.7 Å². The summed E-state index contributed by atoms with van der Waals surface area (Å²) in [5.74, 6) is -9.64. The zero-order valence-corrected chi connectivity index (χ0v) is 62.4. The molecule has 8 N–H and O–H groups in total. The van der Waals surface area contributed by atoms with Crippen molar-refractivity contribution in [3.05, 3.63) is 134 Å². The van der Waals surface area contributed by atoms with E-state index < -0.39 is 126 Å². The van der Waals surface area contributed by atoms with Gasteiger partial charge in [0.25, 0.3) is 23.3 Å². The predicted octanol–water partition coefficient (Wildman–Crippen LogP) is 1.40. The second kappa shape index (κ2) is 42.0. The minimum absolute atomic E-state index is 0.0177. The quantitative estimate of drug-likeness (QED) is 0.0116. The van der Waals surface area contributed by atoms with Gasteiger partial charge in [-0.3, -0.25) is 47.9 Å². The number of esters is 1. The van der Waals surface area contributed by atoms with Crippen molar-refractivity contribution in [2.75, 3.05) is 151 Å². The van der Waals surface area contributed by atoms with E-state index in [1.165, 1.54) is 10.6 Å². The monoisotopic (exact) mass is 1560 g/mol. The number of methoxy groups -OCH3 is 1. The molecule has 3 atom stereocenters. The molecule has 0 spiro atoms. The van der Waals surface area contributed by atoms with E-state index in [0.717, 1.165) is 37.1 Å². The van der Waals surface area contributed by atoms with E-state index >= 15 is 8.78 Å². The smallest absolute Gasteiger partial charge is 0.343 e. The standard InChI is InChI=1S/C77H94F2N10O23/c1-47-33-52-54(55-44-88-62(69(55)87-60(52)38-58(47)78)37-57-56(75(88)99)45-111-76(100)77(57,101)39-49-10-11-49)40-83-74(98)70(50-12-13-50)112-46-85-65(92)42-84-73(97)61(34-48-7-4-3-5-8-48)86-66(93)43-82-64(91)41-81-63(90)9-6-17-110-71-53(35-51(36-59(71)79)89-67(94)14-15-68(89)95)72(96)80-16-18-103-21-22-105-25-26-107-29-30-109-32-31-108-28-27-106-24-23-104-20-19-102-2/h3-5,7-8,14-15,33,35-38,49-50,61,70,101H,6,9-13,16-32,34,39-46H2,1-2H3,(H,80,96)(H,81,90)(H,82,91)(H,83,98)(H,84,97)(H,85,92)(H,86,93)/t61-,70-,77-/m0/s1. The van der Waals surface area contributed by atoms with E-state index in [-0.39, 0.29) is 118 Å². The van der Waals surface area contributed by atoms with Gasteiger partial charge >= 0.3 is 5.97 Å². The molecule has 0 saturated heterocycles. The number of rotatable bonds is 50. The molecular weight excluding hydrogens is 1470 g/mol. The molecule has 0 unspecified atom stereocenters. The first-order valence-electron chi connectivity index (χ1n) is 37.1. The van der Waals surface area contributed by atoms with Crippen molar-refractivity contribution in [3.63, 3.8) is 0 Å². The number of hydrogen-bond acceptors (Lipinski definition) is 24. The fourth-order valence-electron chi connectivity index (χ4n) is 12.6. The van der Waals surface area contributed by atoms with Crippen LogP contribution in [0.15, 0.2) is 77.6 Å². The van der Waals surface area contributed by atoms with Crippen molar-refractivity contribution >= 4 is 75.7 Å². The molecule has 2 aromatic heterocycles. The normalized spacial score (nSPS) is 15.9.